The summed E-state index contributed by atoms with van der Waals surface area (Å²) < 4.78 is 9.04. The third-order valence-corrected chi connectivity index (χ3v) is 14.3. The van der Waals surface area contributed by atoms with Crippen LogP contribution in [0.25, 0.3) is 60.1 Å². The molecule has 10 aromatic rings. The Morgan fingerprint density at radius 2 is 1.35 bits per heavy atom. The predicted molar refractivity (Wildman–Crippen MR) is 258 cm³/mol. The van der Waals surface area contributed by atoms with Crippen LogP contribution in [-0.4, -0.2) is 9.55 Å². The Kier molecular flexibility index (Phi) is 11.1. The van der Waals surface area contributed by atoms with Crippen molar-refractivity contribution < 1.29 is 25.8 Å². The predicted octanol–water partition coefficient (Wildman–Crippen LogP) is 16.0. The van der Waals surface area contributed by atoms with Crippen LogP contribution in [0.3, 0.4) is 0 Å². The molecule has 0 saturated heterocycles. The van der Waals surface area contributed by atoms with Crippen LogP contribution in [0.4, 0.5) is 22.7 Å². The van der Waals surface area contributed by atoms with E-state index in [0.717, 1.165) is 61.9 Å². The van der Waals surface area contributed by atoms with E-state index in [1.165, 1.54) is 26.6 Å². The first-order valence-electron chi connectivity index (χ1n) is 20.8. The van der Waals surface area contributed by atoms with Gasteiger partial charge in [0.2, 0.25) is 0 Å². The van der Waals surface area contributed by atoms with E-state index in [0.29, 0.717) is 17.2 Å². The van der Waals surface area contributed by atoms with Gasteiger partial charge in [0.1, 0.15) is 5.82 Å². The SMILES string of the molecule is [CH2-]N(c1ccccc1Nc1[c-]c(Oc2[c-]c3c4c5c(cccc5p(C(C)C)c4c2)n3-c2cc(C(C)(C)C)ccn2)ccc1)c1c(-c2ccccc2)cccc1-c1ccccc1.[Pt]. The first-order chi connectivity index (χ1) is 29.6. The maximum Gasteiger partial charge on any atom is 0.135 e. The first kappa shape index (κ1) is 41.2. The van der Waals surface area contributed by atoms with E-state index >= 15 is 0 Å². The molecule has 0 bridgehead atoms. The van der Waals surface area contributed by atoms with E-state index in [1.54, 1.807) is 0 Å². The molecule has 5 nitrogen and oxygen atoms in total. The standard InChI is InChI=1S/C55H46N4OP.Pt/c1-36(2)61-49-29-17-28-47-52(49)53-48(59(47)51-32-39(30-31-56-51)55(3,4)5)34-42(35-50(53)61)60-41-23-15-22-40(33-41)57-45-26-13-14-27-46(45)58(6)54-43(37-18-9-7-10-19-37)24-16-25-44(54)38-20-11-8-12-21-38;/h7-32,35-36,57H,6H2,1-5H3;/q-3;. The number of anilines is 4. The molecule has 1 atom stereocenters. The number of ether oxygens (including phenoxy) is 1. The van der Waals surface area contributed by atoms with Crippen molar-refractivity contribution >= 4 is 62.3 Å². The van der Waals surface area contributed by atoms with Crippen LogP contribution < -0.4 is 15.0 Å². The van der Waals surface area contributed by atoms with Crippen LogP contribution in [0.1, 0.15) is 45.8 Å². The molecule has 3 heterocycles. The molecule has 310 valence electrons. The summed E-state index contributed by atoms with van der Waals surface area (Å²) in [6.07, 6.45) is 1.93. The molecule has 0 spiro atoms. The van der Waals surface area contributed by atoms with Crippen LogP contribution in [0.15, 0.2) is 164 Å². The van der Waals surface area contributed by atoms with E-state index in [2.05, 4.69) is 178 Å². The van der Waals surface area contributed by atoms with Crippen molar-refractivity contribution in [3.8, 4) is 39.6 Å². The Morgan fingerprint density at radius 1 is 0.694 bits per heavy atom. The van der Waals surface area contributed by atoms with Gasteiger partial charge in [-0.1, -0.05) is 154 Å². The Balaban J connectivity index is 0.00000490. The smallest absolute Gasteiger partial charge is 0.135 e. The summed E-state index contributed by atoms with van der Waals surface area (Å²) >= 11 is 0. The first-order valence-corrected chi connectivity index (χ1v) is 22.3. The van der Waals surface area contributed by atoms with Gasteiger partial charge in [0.25, 0.3) is 0 Å². The number of aromatic nitrogens is 2. The molecule has 0 amide bonds. The van der Waals surface area contributed by atoms with Gasteiger partial charge < -0.3 is 19.5 Å². The summed E-state index contributed by atoms with van der Waals surface area (Å²) in [5, 5.41) is 8.99. The summed E-state index contributed by atoms with van der Waals surface area (Å²) in [6, 6.07) is 62.3. The minimum Gasteiger partial charge on any atom is -0.509 e. The largest absolute Gasteiger partial charge is 0.509 e. The van der Waals surface area contributed by atoms with Gasteiger partial charge in [-0.05, 0) is 68.6 Å². The monoisotopic (exact) mass is 1000 g/mol. The Hall–Kier alpha value is -6.12. The van der Waals surface area contributed by atoms with Crippen molar-refractivity contribution in [2.75, 3.05) is 10.2 Å². The molecule has 7 heteroatoms. The molecule has 0 fully saturated rings. The van der Waals surface area contributed by atoms with E-state index in [-0.39, 0.29) is 26.5 Å². The van der Waals surface area contributed by atoms with E-state index < -0.39 is 7.53 Å². The van der Waals surface area contributed by atoms with Crippen LogP contribution in [-0.2, 0) is 26.5 Å². The molecule has 62 heavy (non-hydrogen) atoms. The molecule has 0 radical (unpaired) electrons. The Labute approximate surface area is 379 Å². The summed E-state index contributed by atoms with van der Waals surface area (Å²) in [4.78, 5) is 6.97. The molecule has 0 aliphatic carbocycles. The summed E-state index contributed by atoms with van der Waals surface area (Å²) in [5.74, 6) is 2.14. The van der Waals surface area contributed by atoms with Gasteiger partial charge in [-0.2, -0.15) is 6.07 Å². The van der Waals surface area contributed by atoms with Crippen LogP contribution >= 0.6 is 7.53 Å². The normalized spacial score (nSPS) is 12.0. The molecule has 0 aliphatic heterocycles. The van der Waals surface area contributed by atoms with Gasteiger partial charge in [0.15, 0.2) is 0 Å². The van der Waals surface area contributed by atoms with Crippen molar-refractivity contribution in [3.05, 3.63) is 189 Å². The molecule has 10 rings (SSSR count). The Morgan fingerprint density at radius 3 is 2.05 bits per heavy atom. The third kappa shape index (κ3) is 7.38. The van der Waals surface area contributed by atoms with E-state index in [4.69, 9.17) is 16.8 Å². The van der Waals surface area contributed by atoms with Crippen molar-refractivity contribution in [2.24, 2.45) is 0 Å². The van der Waals surface area contributed by atoms with Crippen molar-refractivity contribution in [1.29, 1.82) is 0 Å². The molecular weight excluding hydrogens is 959 g/mol. The third-order valence-electron chi connectivity index (χ3n) is 11.5. The van der Waals surface area contributed by atoms with Gasteiger partial charge in [-0.3, -0.25) is 7.05 Å². The number of rotatable bonds is 10. The molecule has 7 aromatic carbocycles. The molecular formula is C55H46N4OPPt-3. The number of benzene rings is 7. The second kappa shape index (κ2) is 16.6. The van der Waals surface area contributed by atoms with Crippen LogP contribution in [0, 0.1) is 19.2 Å². The van der Waals surface area contributed by atoms with Gasteiger partial charge in [-0.15, -0.1) is 43.0 Å². The average molecular weight is 1010 g/mol. The second-order valence-electron chi connectivity index (χ2n) is 16.9. The minimum atomic E-state index is -0.599. The molecule has 0 aliphatic rings. The van der Waals surface area contributed by atoms with Crippen molar-refractivity contribution in [2.45, 2.75) is 45.7 Å². The van der Waals surface area contributed by atoms with Crippen LogP contribution in [0.5, 0.6) is 11.5 Å². The summed E-state index contributed by atoms with van der Waals surface area (Å²) in [6.45, 7) is 11.4. The van der Waals surface area contributed by atoms with Crippen LogP contribution in [0.2, 0.25) is 0 Å². The quantitative estimate of drug-likeness (QED) is 0.139. The molecule has 0 saturated carbocycles. The fourth-order valence-electron chi connectivity index (χ4n) is 8.73. The number of hydrogen-bond acceptors (Lipinski definition) is 4. The molecule has 1 N–H and O–H groups in total. The topological polar surface area (TPSA) is 42.3 Å². The molecule has 3 aromatic heterocycles. The number of nitrogens with one attached hydrogen (secondary N) is 1. The number of nitrogens with zero attached hydrogens (tertiary/aromatic N) is 3. The van der Waals surface area contributed by atoms with E-state index in [1.807, 2.05) is 47.5 Å². The zero-order valence-corrected chi connectivity index (χ0v) is 38.6. The molecule has 1 unspecified atom stereocenters. The Bertz CT molecular complexity index is 3120. The summed E-state index contributed by atoms with van der Waals surface area (Å²) in [7, 11) is 4.10. The zero-order chi connectivity index (χ0) is 41.8. The van der Waals surface area contributed by atoms with Crippen molar-refractivity contribution in [3.63, 3.8) is 0 Å². The minimum absolute atomic E-state index is 0. The van der Waals surface area contributed by atoms with Crippen molar-refractivity contribution in [1.82, 2.24) is 9.55 Å². The van der Waals surface area contributed by atoms with Gasteiger partial charge in [0, 0.05) is 66.8 Å². The van der Waals surface area contributed by atoms with E-state index in [9.17, 15) is 0 Å². The van der Waals surface area contributed by atoms with Gasteiger partial charge >= 0.3 is 0 Å². The summed E-state index contributed by atoms with van der Waals surface area (Å²) in [5.41, 5.74) is 11.8. The number of pyridine rings is 1. The van der Waals surface area contributed by atoms with Gasteiger partial charge in [0.05, 0.1) is 5.69 Å². The number of para-hydroxylation sites is 3. The second-order valence-corrected chi connectivity index (χ2v) is 19.6. The average Bonchev–Trinajstić information content (AvgIpc) is 3.80. The maximum atomic E-state index is 6.77. The maximum absolute atomic E-state index is 6.77. The fourth-order valence-corrected chi connectivity index (χ4v) is 11.5. The van der Waals surface area contributed by atoms with Gasteiger partial charge in [-0.25, -0.2) is 4.98 Å². The fraction of sp³-hybridized carbons (Fsp3) is 0.127. The zero-order valence-electron chi connectivity index (χ0n) is 35.4. The number of hydrogen-bond donors (Lipinski definition) is 1.